The van der Waals surface area contributed by atoms with Crippen LogP contribution in [0.1, 0.15) is 69.2 Å². The molecule has 4 aromatic carbocycles. The first-order chi connectivity index (χ1) is 22.4. The van der Waals surface area contributed by atoms with E-state index in [4.69, 9.17) is 0 Å². The van der Waals surface area contributed by atoms with E-state index in [0.29, 0.717) is 11.3 Å². The lowest BCUT2D eigenvalue weighted by molar-refractivity contribution is 0.0695. The highest BCUT2D eigenvalue weighted by Crippen LogP contribution is 2.48. The Hall–Kier alpha value is -4.78. The number of hydrogen-bond acceptors (Lipinski definition) is 4. The quantitative estimate of drug-likeness (QED) is 0.181. The summed E-state index contributed by atoms with van der Waals surface area (Å²) in [4.78, 5) is 30.1. The number of carboxylic acid groups (broad SMARTS) is 1. The maximum Gasteiger partial charge on any atom is 0.341 e. The largest absolute Gasteiger partial charge is 0.477 e. The minimum absolute atomic E-state index is 0.161. The number of carbonyl (C=O) groups is 1. The SMILES string of the molecule is CC1CN(C(c2ccccc2)(c2ccccc2)c2ccccc2)Cc2sc(-c3ccc4c(=O)c(C(=O)O)cn(C5CC5)c4c3)cc21. The Bertz CT molecular complexity index is 2040. The smallest absolute Gasteiger partial charge is 0.341 e. The van der Waals surface area contributed by atoms with E-state index in [2.05, 4.69) is 115 Å². The summed E-state index contributed by atoms with van der Waals surface area (Å²) < 4.78 is 2.01. The van der Waals surface area contributed by atoms with Crippen molar-refractivity contribution in [2.45, 2.75) is 43.8 Å². The summed E-state index contributed by atoms with van der Waals surface area (Å²) >= 11 is 1.83. The summed E-state index contributed by atoms with van der Waals surface area (Å²) in [5, 5.41) is 10.2. The van der Waals surface area contributed by atoms with Crippen molar-refractivity contribution in [1.29, 1.82) is 0 Å². The molecule has 1 aliphatic carbocycles. The van der Waals surface area contributed by atoms with Gasteiger partial charge in [-0.05, 0) is 64.8 Å². The molecular formula is C40H34N2O3S. The molecule has 3 heterocycles. The zero-order valence-electron chi connectivity index (χ0n) is 25.6. The fourth-order valence-electron chi connectivity index (χ4n) is 7.44. The van der Waals surface area contributed by atoms with Crippen LogP contribution in [0.25, 0.3) is 21.3 Å². The lowest BCUT2D eigenvalue weighted by Crippen LogP contribution is -2.50. The number of benzene rings is 4. The number of thiophene rings is 1. The van der Waals surface area contributed by atoms with E-state index in [9.17, 15) is 14.7 Å². The number of carboxylic acids is 1. The number of hydrogen-bond donors (Lipinski definition) is 1. The first-order valence-corrected chi connectivity index (χ1v) is 16.7. The number of aromatic nitrogens is 1. The summed E-state index contributed by atoms with van der Waals surface area (Å²) in [5.74, 6) is -0.875. The molecule has 6 aromatic rings. The molecule has 0 spiro atoms. The number of pyridine rings is 1. The highest BCUT2D eigenvalue weighted by atomic mass is 32.1. The number of rotatable bonds is 7. The molecule has 5 nitrogen and oxygen atoms in total. The molecule has 2 aromatic heterocycles. The second-order valence-corrected chi connectivity index (χ2v) is 13.8. The van der Waals surface area contributed by atoms with E-state index in [0.717, 1.165) is 37.0 Å². The van der Waals surface area contributed by atoms with Gasteiger partial charge in [-0.3, -0.25) is 9.69 Å². The van der Waals surface area contributed by atoms with Gasteiger partial charge in [0.15, 0.2) is 0 Å². The molecule has 1 saturated carbocycles. The van der Waals surface area contributed by atoms with E-state index in [1.165, 1.54) is 32.0 Å². The van der Waals surface area contributed by atoms with E-state index >= 15 is 0 Å². The van der Waals surface area contributed by atoms with E-state index in [1.54, 1.807) is 6.20 Å². The topological polar surface area (TPSA) is 62.5 Å². The van der Waals surface area contributed by atoms with Crippen molar-refractivity contribution in [3.05, 3.63) is 164 Å². The predicted molar refractivity (Wildman–Crippen MR) is 185 cm³/mol. The van der Waals surface area contributed by atoms with Gasteiger partial charge in [0.25, 0.3) is 0 Å². The van der Waals surface area contributed by atoms with Crippen LogP contribution in [-0.2, 0) is 12.1 Å². The molecule has 0 saturated heterocycles. The molecule has 1 aliphatic heterocycles. The lowest BCUT2D eigenvalue weighted by Gasteiger charge is -2.48. The summed E-state index contributed by atoms with van der Waals surface area (Å²) in [6.07, 6.45) is 3.53. The van der Waals surface area contributed by atoms with Crippen molar-refractivity contribution >= 4 is 28.2 Å². The highest BCUT2D eigenvalue weighted by molar-refractivity contribution is 7.15. The van der Waals surface area contributed by atoms with Crippen LogP contribution in [0.3, 0.4) is 0 Å². The van der Waals surface area contributed by atoms with Gasteiger partial charge >= 0.3 is 5.97 Å². The maximum absolute atomic E-state index is 13.1. The Labute approximate surface area is 272 Å². The van der Waals surface area contributed by atoms with Gasteiger partial charge in [0.1, 0.15) is 5.56 Å². The molecule has 2 aliphatic rings. The van der Waals surface area contributed by atoms with Gasteiger partial charge in [0.2, 0.25) is 5.43 Å². The normalized spacial score (nSPS) is 16.8. The van der Waals surface area contributed by atoms with Crippen molar-refractivity contribution in [1.82, 2.24) is 9.47 Å². The van der Waals surface area contributed by atoms with Crippen LogP contribution < -0.4 is 5.43 Å². The third-order valence-electron chi connectivity index (χ3n) is 9.74. The van der Waals surface area contributed by atoms with Gasteiger partial charge in [0.05, 0.1) is 11.1 Å². The maximum atomic E-state index is 13.1. The second kappa shape index (κ2) is 11.2. The van der Waals surface area contributed by atoms with Gasteiger partial charge < -0.3 is 9.67 Å². The van der Waals surface area contributed by atoms with Gasteiger partial charge in [-0.2, -0.15) is 0 Å². The van der Waals surface area contributed by atoms with Gasteiger partial charge in [0, 0.05) is 40.5 Å². The third-order valence-corrected chi connectivity index (χ3v) is 10.9. The summed E-state index contributed by atoms with van der Waals surface area (Å²) in [7, 11) is 0. The Kier molecular flexibility index (Phi) is 7.00. The van der Waals surface area contributed by atoms with Crippen LogP contribution in [0.15, 0.2) is 126 Å². The molecule has 0 radical (unpaired) electrons. The first kappa shape index (κ1) is 28.7. The summed E-state index contributed by atoms with van der Waals surface area (Å²) in [6, 6.07) is 41.1. The van der Waals surface area contributed by atoms with Crippen molar-refractivity contribution in [3.63, 3.8) is 0 Å². The fraction of sp³-hybridized carbons (Fsp3) is 0.200. The standard InChI is InChI=1S/C40H34N2O3S/c1-26-23-41(40(28-11-5-2-6-12-28,29-13-7-3-8-14-29)30-15-9-4-10-16-30)25-37-33(26)22-36(46-37)27-17-20-32-35(21-27)42(31-18-19-31)24-34(38(32)43)39(44)45/h2-17,20-22,24,26,31H,18-19,23,25H2,1H3,(H,44,45). The molecule has 6 heteroatoms. The molecular weight excluding hydrogens is 589 g/mol. The molecule has 0 bridgehead atoms. The van der Waals surface area contributed by atoms with Crippen LogP contribution >= 0.6 is 11.3 Å². The number of nitrogens with zero attached hydrogens (tertiary/aromatic N) is 2. The molecule has 1 fully saturated rings. The molecule has 1 N–H and O–H groups in total. The Morgan fingerprint density at radius 3 is 1.96 bits per heavy atom. The predicted octanol–water partition coefficient (Wildman–Crippen LogP) is 8.67. The zero-order chi connectivity index (χ0) is 31.4. The zero-order valence-corrected chi connectivity index (χ0v) is 26.4. The average Bonchev–Trinajstić information content (AvgIpc) is 3.84. The Morgan fingerprint density at radius 1 is 0.826 bits per heavy atom. The van der Waals surface area contributed by atoms with Gasteiger partial charge in [-0.25, -0.2) is 4.79 Å². The monoisotopic (exact) mass is 622 g/mol. The van der Waals surface area contributed by atoms with Crippen molar-refractivity contribution in [2.75, 3.05) is 6.54 Å². The summed E-state index contributed by atoms with van der Waals surface area (Å²) in [5.41, 5.74) is 5.92. The molecule has 1 atom stereocenters. The fourth-order valence-corrected chi connectivity index (χ4v) is 8.74. The molecule has 1 unspecified atom stereocenters. The number of aromatic carboxylic acids is 1. The van der Waals surface area contributed by atoms with Crippen molar-refractivity contribution < 1.29 is 9.90 Å². The van der Waals surface area contributed by atoms with Crippen LogP contribution in [0.2, 0.25) is 0 Å². The third kappa shape index (κ3) is 4.63. The first-order valence-electron chi connectivity index (χ1n) is 15.9. The highest BCUT2D eigenvalue weighted by Gasteiger charge is 2.44. The second-order valence-electron chi connectivity index (χ2n) is 12.6. The van der Waals surface area contributed by atoms with E-state index in [1.807, 2.05) is 28.0 Å². The van der Waals surface area contributed by atoms with Crippen LogP contribution in [0.4, 0.5) is 0 Å². The van der Waals surface area contributed by atoms with Gasteiger partial charge in [-0.15, -0.1) is 11.3 Å². The van der Waals surface area contributed by atoms with E-state index < -0.39 is 16.9 Å². The Balaban J connectivity index is 1.25. The van der Waals surface area contributed by atoms with Crippen LogP contribution in [-0.4, -0.2) is 27.1 Å². The molecule has 46 heavy (non-hydrogen) atoms. The number of fused-ring (bicyclic) bond motifs is 2. The van der Waals surface area contributed by atoms with Crippen molar-refractivity contribution in [3.8, 4) is 10.4 Å². The Morgan fingerprint density at radius 2 is 1.41 bits per heavy atom. The molecule has 0 amide bonds. The molecule has 228 valence electrons. The van der Waals surface area contributed by atoms with Crippen LogP contribution in [0.5, 0.6) is 0 Å². The molecule has 8 rings (SSSR count). The minimum atomic E-state index is -1.17. The van der Waals surface area contributed by atoms with Crippen LogP contribution in [0, 0.1) is 0 Å². The van der Waals surface area contributed by atoms with Crippen molar-refractivity contribution in [2.24, 2.45) is 0 Å². The lowest BCUT2D eigenvalue weighted by atomic mass is 9.74. The van der Waals surface area contributed by atoms with Gasteiger partial charge in [-0.1, -0.05) is 104 Å². The average molecular weight is 623 g/mol. The van der Waals surface area contributed by atoms with E-state index in [-0.39, 0.29) is 11.6 Å². The summed E-state index contributed by atoms with van der Waals surface area (Å²) in [6.45, 7) is 4.01. The minimum Gasteiger partial charge on any atom is -0.477 e.